The third kappa shape index (κ3) is 7.31. The van der Waals surface area contributed by atoms with Crippen LogP contribution in [0.15, 0.2) is 59.9 Å². The molecule has 11 nitrogen and oxygen atoms in total. The maximum atomic E-state index is 13.4. The van der Waals surface area contributed by atoms with Crippen molar-refractivity contribution in [2.45, 2.75) is 51.7 Å². The summed E-state index contributed by atoms with van der Waals surface area (Å²) in [5.74, 6) is -2.41. The van der Waals surface area contributed by atoms with Crippen LogP contribution in [0.1, 0.15) is 50.3 Å². The number of carbonyl (C=O) groups excluding carboxylic acids is 3. The van der Waals surface area contributed by atoms with Gasteiger partial charge < -0.3 is 35.2 Å². The predicted molar refractivity (Wildman–Crippen MR) is 146 cm³/mol. The number of methoxy groups -OCH3 is 1. The van der Waals surface area contributed by atoms with Gasteiger partial charge in [-0.15, -0.1) is 0 Å². The fourth-order valence-electron chi connectivity index (χ4n) is 4.59. The Morgan fingerprint density at radius 2 is 1.77 bits per heavy atom. The summed E-state index contributed by atoms with van der Waals surface area (Å²) in [6.45, 7) is 3.71. The number of nitrogens with zero attached hydrogens (tertiary/aromatic N) is 1. The van der Waals surface area contributed by atoms with E-state index in [0.29, 0.717) is 36.5 Å². The second kappa shape index (κ2) is 14.0. The van der Waals surface area contributed by atoms with Crippen LogP contribution in [0.5, 0.6) is 11.5 Å². The van der Waals surface area contributed by atoms with E-state index in [-0.39, 0.29) is 25.1 Å². The van der Waals surface area contributed by atoms with Crippen molar-refractivity contribution in [1.29, 1.82) is 0 Å². The first kappa shape index (κ1) is 30.0. The lowest BCUT2D eigenvalue weighted by atomic mass is 9.97. The molecule has 0 bridgehead atoms. The van der Waals surface area contributed by atoms with Crippen molar-refractivity contribution in [1.82, 2.24) is 15.5 Å². The van der Waals surface area contributed by atoms with E-state index in [9.17, 15) is 29.4 Å². The Morgan fingerprint density at radius 1 is 1.07 bits per heavy atom. The van der Waals surface area contributed by atoms with Gasteiger partial charge in [-0.25, -0.2) is 4.79 Å². The lowest BCUT2D eigenvalue weighted by Gasteiger charge is -2.28. The molecule has 0 aliphatic carbocycles. The van der Waals surface area contributed by atoms with Gasteiger partial charge in [0.2, 0.25) is 5.91 Å². The summed E-state index contributed by atoms with van der Waals surface area (Å²) in [6, 6.07) is 12.2. The van der Waals surface area contributed by atoms with Gasteiger partial charge in [0.05, 0.1) is 25.3 Å². The molecule has 214 valence electrons. The van der Waals surface area contributed by atoms with Crippen molar-refractivity contribution in [3.63, 3.8) is 0 Å². The standard InChI is InChI=1S/C29H35N3O8/c1-4-40-23-11-6-5-9-21(23)25-24(27(35)30-17-19-12-14-20(39-3)15-13-19)26(34)28(36)32(25)16-8-7-10-22(29(37)38)31-18(2)33/h5-6,9,11-15,22,25,34H,4,7-8,10,16-17H2,1-3H3,(H,30,35)(H,31,33)(H,37,38)/t22-,25?/m1/s1. The first-order valence-electron chi connectivity index (χ1n) is 13.0. The highest BCUT2D eigenvalue weighted by molar-refractivity contribution is 6.08. The van der Waals surface area contributed by atoms with Crippen LogP contribution in [0.4, 0.5) is 0 Å². The second-order valence-corrected chi connectivity index (χ2v) is 9.25. The van der Waals surface area contributed by atoms with Crippen LogP contribution in [-0.4, -0.2) is 65.1 Å². The fourth-order valence-corrected chi connectivity index (χ4v) is 4.59. The lowest BCUT2D eigenvalue weighted by molar-refractivity contribution is -0.141. The first-order chi connectivity index (χ1) is 19.2. The number of hydrogen-bond donors (Lipinski definition) is 4. The van der Waals surface area contributed by atoms with Crippen LogP contribution in [-0.2, 0) is 25.7 Å². The normalized spacial score (nSPS) is 15.5. The van der Waals surface area contributed by atoms with Gasteiger partial charge in [0.25, 0.3) is 11.8 Å². The zero-order valence-electron chi connectivity index (χ0n) is 22.8. The highest BCUT2D eigenvalue weighted by atomic mass is 16.5. The Hall–Kier alpha value is -4.54. The topological polar surface area (TPSA) is 154 Å². The maximum Gasteiger partial charge on any atom is 0.326 e. The number of unbranched alkanes of at least 4 members (excludes halogenated alkanes) is 1. The number of ether oxygens (including phenoxy) is 2. The first-order valence-corrected chi connectivity index (χ1v) is 13.0. The summed E-state index contributed by atoms with van der Waals surface area (Å²) in [5, 5.41) is 25.4. The minimum Gasteiger partial charge on any atom is -0.503 e. The number of aliphatic hydroxyl groups is 1. The molecule has 11 heteroatoms. The van der Waals surface area contributed by atoms with Gasteiger partial charge in [0.15, 0.2) is 5.76 Å². The van der Waals surface area contributed by atoms with Crippen molar-refractivity contribution >= 4 is 23.7 Å². The molecule has 0 saturated heterocycles. The Kier molecular flexibility index (Phi) is 10.5. The molecule has 3 amide bonds. The minimum atomic E-state index is -1.15. The minimum absolute atomic E-state index is 0.0904. The number of amides is 3. The summed E-state index contributed by atoms with van der Waals surface area (Å²) in [6.07, 6.45) is 0.906. The van der Waals surface area contributed by atoms with Crippen molar-refractivity contribution in [3.05, 3.63) is 71.0 Å². The highest BCUT2D eigenvalue weighted by Crippen LogP contribution is 2.41. The van der Waals surface area contributed by atoms with E-state index < -0.39 is 41.5 Å². The number of carboxylic acid groups (broad SMARTS) is 1. The quantitative estimate of drug-likeness (QED) is 0.261. The van der Waals surface area contributed by atoms with Gasteiger partial charge in [-0.1, -0.05) is 30.3 Å². The molecule has 0 spiro atoms. The summed E-state index contributed by atoms with van der Waals surface area (Å²) in [7, 11) is 1.56. The number of aliphatic carboxylic acids is 1. The van der Waals surface area contributed by atoms with Gasteiger partial charge in [0.1, 0.15) is 17.5 Å². The summed E-state index contributed by atoms with van der Waals surface area (Å²) in [5.41, 5.74) is 1.25. The molecule has 3 rings (SSSR count). The average Bonchev–Trinajstić information content (AvgIpc) is 3.18. The third-order valence-electron chi connectivity index (χ3n) is 6.49. The zero-order chi connectivity index (χ0) is 29.2. The molecular weight excluding hydrogens is 518 g/mol. The number of rotatable bonds is 14. The third-order valence-corrected chi connectivity index (χ3v) is 6.49. The van der Waals surface area contributed by atoms with Crippen molar-refractivity contribution in [2.75, 3.05) is 20.3 Å². The van der Waals surface area contributed by atoms with E-state index in [4.69, 9.17) is 9.47 Å². The number of para-hydroxylation sites is 1. The van der Waals surface area contributed by atoms with E-state index >= 15 is 0 Å². The molecule has 2 atom stereocenters. The number of carbonyl (C=O) groups is 4. The molecule has 4 N–H and O–H groups in total. The Morgan fingerprint density at radius 3 is 2.40 bits per heavy atom. The molecule has 1 heterocycles. The van der Waals surface area contributed by atoms with Crippen molar-refractivity contribution in [2.24, 2.45) is 0 Å². The molecule has 2 aromatic rings. The van der Waals surface area contributed by atoms with E-state index in [0.717, 1.165) is 5.56 Å². The number of benzene rings is 2. The number of nitrogens with one attached hydrogen (secondary N) is 2. The van der Waals surface area contributed by atoms with Gasteiger partial charge >= 0.3 is 5.97 Å². The van der Waals surface area contributed by atoms with Crippen LogP contribution in [0, 0.1) is 0 Å². The van der Waals surface area contributed by atoms with Crippen LogP contribution in [0.25, 0.3) is 0 Å². The van der Waals surface area contributed by atoms with E-state index in [1.54, 1.807) is 55.6 Å². The van der Waals surface area contributed by atoms with E-state index in [1.807, 2.05) is 6.92 Å². The molecule has 1 unspecified atom stereocenters. The fraction of sp³-hybridized carbons (Fsp3) is 0.379. The van der Waals surface area contributed by atoms with Crippen LogP contribution < -0.4 is 20.1 Å². The number of aliphatic hydroxyl groups excluding tert-OH is 1. The van der Waals surface area contributed by atoms with Gasteiger partial charge in [-0.3, -0.25) is 14.4 Å². The van der Waals surface area contributed by atoms with Crippen LogP contribution in [0.2, 0.25) is 0 Å². The smallest absolute Gasteiger partial charge is 0.326 e. The molecule has 1 aliphatic heterocycles. The van der Waals surface area contributed by atoms with E-state index in [1.165, 1.54) is 11.8 Å². The monoisotopic (exact) mass is 553 g/mol. The molecule has 40 heavy (non-hydrogen) atoms. The lowest BCUT2D eigenvalue weighted by Crippen LogP contribution is -2.39. The van der Waals surface area contributed by atoms with Crippen LogP contribution >= 0.6 is 0 Å². The largest absolute Gasteiger partial charge is 0.503 e. The van der Waals surface area contributed by atoms with Crippen molar-refractivity contribution in [3.8, 4) is 11.5 Å². The van der Waals surface area contributed by atoms with Gasteiger partial charge in [-0.05, 0) is 49.9 Å². The molecular formula is C29H35N3O8. The zero-order valence-corrected chi connectivity index (χ0v) is 22.8. The van der Waals surface area contributed by atoms with E-state index in [2.05, 4.69) is 10.6 Å². The van der Waals surface area contributed by atoms with Crippen LogP contribution in [0.3, 0.4) is 0 Å². The molecule has 2 aromatic carbocycles. The highest BCUT2D eigenvalue weighted by Gasteiger charge is 2.44. The Labute approximate surface area is 232 Å². The Bertz CT molecular complexity index is 1260. The molecule has 0 saturated carbocycles. The second-order valence-electron chi connectivity index (χ2n) is 9.25. The molecule has 0 fully saturated rings. The molecule has 0 radical (unpaired) electrons. The summed E-state index contributed by atoms with van der Waals surface area (Å²) < 4.78 is 10.9. The van der Waals surface area contributed by atoms with Gasteiger partial charge in [-0.2, -0.15) is 0 Å². The van der Waals surface area contributed by atoms with Gasteiger partial charge in [0, 0.05) is 25.6 Å². The maximum absolute atomic E-state index is 13.4. The molecule has 0 aromatic heterocycles. The summed E-state index contributed by atoms with van der Waals surface area (Å²) in [4.78, 5) is 50.8. The molecule has 1 aliphatic rings. The summed E-state index contributed by atoms with van der Waals surface area (Å²) >= 11 is 0. The van der Waals surface area contributed by atoms with Crippen molar-refractivity contribution < 1.29 is 38.9 Å². The SMILES string of the molecule is CCOc1ccccc1C1C(C(=O)NCc2ccc(OC)cc2)=C(O)C(=O)N1CCCC[C@@H](NC(C)=O)C(=O)O. The number of carboxylic acids is 1. The predicted octanol–water partition coefficient (Wildman–Crippen LogP) is 2.87. The number of hydrogen-bond acceptors (Lipinski definition) is 7. The Balaban J connectivity index is 1.82. The average molecular weight is 554 g/mol.